The zero-order valence-electron chi connectivity index (χ0n) is 18.1. The Hall–Kier alpha value is -3.30. The van der Waals surface area contributed by atoms with E-state index >= 15 is 0 Å². The molecule has 0 atom stereocenters. The predicted octanol–water partition coefficient (Wildman–Crippen LogP) is 6.93. The van der Waals surface area contributed by atoms with E-state index in [1.54, 1.807) is 0 Å². The number of ether oxygens (including phenoxy) is 9. The van der Waals surface area contributed by atoms with Gasteiger partial charge in [-0.3, -0.25) is 4.74 Å². The van der Waals surface area contributed by atoms with Crippen molar-refractivity contribution in [3.63, 3.8) is 0 Å². The first-order chi connectivity index (χ1) is 17.0. The van der Waals surface area contributed by atoms with Crippen molar-refractivity contribution in [3.05, 3.63) is 36.4 Å². The van der Waals surface area contributed by atoms with E-state index in [4.69, 9.17) is 28.4 Å². The van der Waals surface area contributed by atoms with Gasteiger partial charge in [0.2, 0.25) is 13.6 Å². The molecule has 0 bridgehead atoms. The van der Waals surface area contributed by atoms with Crippen molar-refractivity contribution < 1.29 is 69.0 Å². The Balaban J connectivity index is 0.00000380. The third-order valence-corrected chi connectivity index (χ3v) is 4.53. The molecule has 2 aromatic carbocycles. The highest BCUT2D eigenvalue weighted by Crippen LogP contribution is 2.41. The fraction of sp³-hybridized carbons (Fsp3) is 0.520. The molecule has 0 amide bonds. The van der Waals surface area contributed by atoms with Crippen LogP contribution in [0.15, 0.2) is 36.4 Å². The SMILES string of the molecule is C.C.C.C.FC(F)(OCCOc1ccc2c(c1)OCO2)OC(F)(F)C(F)(F)OCCOc1ccc2c(c1)OCO2. The van der Waals surface area contributed by atoms with E-state index in [1.165, 1.54) is 36.4 Å². The van der Waals surface area contributed by atoms with E-state index in [1.807, 2.05) is 0 Å². The van der Waals surface area contributed by atoms with E-state index in [0.717, 1.165) is 0 Å². The summed E-state index contributed by atoms with van der Waals surface area (Å²) in [5, 5.41) is 0. The van der Waals surface area contributed by atoms with Gasteiger partial charge in [0.1, 0.15) is 24.7 Å². The Bertz CT molecular complexity index is 1060. The van der Waals surface area contributed by atoms with Gasteiger partial charge in [0.25, 0.3) is 0 Å². The van der Waals surface area contributed by atoms with Crippen LogP contribution >= 0.6 is 0 Å². The molecule has 0 spiro atoms. The maximum Gasteiger partial charge on any atom is 0.490 e. The second-order valence-electron chi connectivity index (χ2n) is 7.02. The molecule has 230 valence electrons. The molecule has 0 N–H and O–H groups in total. The minimum absolute atomic E-state index is 0. The van der Waals surface area contributed by atoms with Crippen molar-refractivity contribution in [2.45, 2.75) is 48.2 Å². The summed E-state index contributed by atoms with van der Waals surface area (Å²) in [6, 6.07) is 8.62. The summed E-state index contributed by atoms with van der Waals surface area (Å²) in [6.45, 7) is -3.24. The lowest BCUT2D eigenvalue weighted by Crippen LogP contribution is -2.50. The van der Waals surface area contributed by atoms with Crippen LogP contribution in [0, 0.1) is 0 Å². The van der Waals surface area contributed by atoms with Crippen molar-refractivity contribution in [1.29, 1.82) is 0 Å². The maximum atomic E-state index is 13.7. The lowest BCUT2D eigenvalue weighted by atomic mass is 10.3. The molecular weight excluding hydrogens is 558 g/mol. The Labute approximate surface area is 228 Å². The number of hydrogen-bond donors (Lipinski definition) is 0. The third-order valence-electron chi connectivity index (χ3n) is 4.53. The summed E-state index contributed by atoms with van der Waals surface area (Å²) in [5.74, 6) is 1.90. The van der Waals surface area contributed by atoms with Gasteiger partial charge >= 0.3 is 18.5 Å². The lowest BCUT2D eigenvalue weighted by molar-refractivity contribution is -0.526. The Morgan fingerprint density at radius 3 is 1.45 bits per heavy atom. The van der Waals surface area contributed by atoms with Crippen LogP contribution in [0.25, 0.3) is 0 Å². The van der Waals surface area contributed by atoms with Gasteiger partial charge in [-0.05, 0) is 24.3 Å². The van der Waals surface area contributed by atoms with Crippen LogP contribution in [-0.4, -0.2) is 58.5 Å². The molecule has 0 saturated heterocycles. The monoisotopic (exact) mass is 592 g/mol. The van der Waals surface area contributed by atoms with Gasteiger partial charge in [0.05, 0.1) is 13.2 Å². The first-order valence-corrected chi connectivity index (χ1v) is 10.2. The van der Waals surface area contributed by atoms with Gasteiger partial charge in [-0.25, -0.2) is 4.74 Å². The Kier molecular flexibility index (Phi) is 13.7. The molecule has 2 aliphatic heterocycles. The fourth-order valence-electron chi connectivity index (χ4n) is 2.90. The molecule has 2 aliphatic rings. The maximum absolute atomic E-state index is 13.7. The van der Waals surface area contributed by atoms with Gasteiger partial charge in [-0.15, -0.1) is 8.78 Å². The number of fused-ring (bicyclic) bond motifs is 2. The van der Waals surface area contributed by atoms with Crippen molar-refractivity contribution >= 4 is 0 Å². The number of alkyl halides is 6. The van der Waals surface area contributed by atoms with E-state index in [0.29, 0.717) is 23.0 Å². The Morgan fingerprint density at radius 2 is 0.975 bits per heavy atom. The van der Waals surface area contributed by atoms with Gasteiger partial charge in [0.15, 0.2) is 23.0 Å². The van der Waals surface area contributed by atoms with E-state index in [9.17, 15) is 26.3 Å². The standard InChI is InChI=1S/C21H18F6O9.4CH4/c22-19(23,34-7-5-28-13-1-3-15-17(9-13)32-11-30-15)20(24,25)36-21(26,27)35-8-6-29-14-2-4-16-18(10-14)33-12-31-16;;;;/h1-4,9-10H,5-8,11-12H2;4*1H4. The van der Waals surface area contributed by atoms with Crippen LogP contribution in [0.3, 0.4) is 0 Å². The van der Waals surface area contributed by atoms with Crippen LogP contribution in [0.5, 0.6) is 34.5 Å². The molecular formula is C25H34F6O9. The van der Waals surface area contributed by atoms with Crippen LogP contribution in [-0.2, 0) is 14.2 Å². The zero-order chi connectivity index (χ0) is 25.8. The summed E-state index contributed by atoms with van der Waals surface area (Å²) in [7, 11) is 0. The normalized spacial score (nSPS) is 13.2. The number of hydrogen-bond acceptors (Lipinski definition) is 9. The molecule has 0 radical (unpaired) electrons. The van der Waals surface area contributed by atoms with Gasteiger partial charge in [0, 0.05) is 12.1 Å². The lowest BCUT2D eigenvalue weighted by Gasteiger charge is -2.28. The molecule has 0 unspecified atom stereocenters. The minimum atomic E-state index is -5.74. The van der Waals surface area contributed by atoms with Crippen molar-refractivity contribution in [3.8, 4) is 34.5 Å². The van der Waals surface area contributed by atoms with E-state index in [-0.39, 0.29) is 54.8 Å². The zero-order valence-corrected chi connectivity index (χ0v) is 18.1. The summed E-state index contributed by atoms with van der Waals surface area (Å²) in [4.78, 5) is 0. The molecule has 9 nitrogen and oxygen atoms in total. The van der Waals surface area contributed by atoms with Crippen molar-refractivity contribution in [2.24, 2.45) is 0 Å². The topological polar surface area (TPSA) is 83.1 Å². The van der Waals surface area contributed by atoms with Crippen molar-refractivity contribution in [1.82, 2.24) is 0 Å². The molecule has 0 saturated carbocycles. The second-order valence-corrected chi connectivity index (χ2v) is 7.02. The van der Waals surface area contributed by atoms with Crippen LogP contribution in [0.1, 0.15) is 29.7 Å². The summed E-state index contributed by atoms with van der Waals surface area (Å²) in [6.07, 6.45) is -16.3. The first-order valence-electron chi connectivity index (χ1n) is 10.2. The molecule has 40 heavy (non-hydrogen) atoms. The molecule has 4 rings (SSSR count). The van der Waals surface area contributed by atoms with Crippen molar-refractivity contribution in [2.75, 3.05) is 40.0 Å². The van der Waals surface area contributed by atoms with Crippen LogP contribution < -0.4 is 28.4 Å². The molecule has 0 aromatic heterocycles. The molecule has 2 aromatic rings. The van der Waals surface area contributed by atoms with Crippen LogP contribution in [0.4, 0.5) is 26.3 Å². The highest BCUT2D eigenvalue weighted by atomic mass is 19.3. The summed E-state index contributed by atoms with van der Waals surface area (Å²) < 4.78 is 123. The van der Waals surface area contributed by atoms with Gasteiger partial charge in [-0.2, -0.15) is 17.6 Å². The number of benzene rings is 2. The number of halogens is 6. The van der Waals surface area contributed by atoms with E-state index in [2.05, 4.69) is 14.2 Å². The number of rotatable bonds is 13. The first kappa shape index (κ1) is 36.7. The fourth-order valence-corrected chi connectivity index (χ4v) is 2.90. The highest BCUT2D eigenvalue weighted by Gasteiger charge is 2.64. The van der Waals surface area contributed by atoms with Crippen LogP contribution in [0.2, 0.25) is 0 Å². The average Bonchev–Trinajstić information content (AvgIpc) is 3.47. The quantitative estimate of drug-likeness (QED) is 0.140. The third kappa shape index (κ3) is 9.13. The van der Waals surface area contributed by atoms with Gasteiger partial charge in [-0.1, -0.05) is 29.7 Å². The summed E-state index contributed by atoms with van der Waals surface area (Å²) >= 11 is 0. The van der Waals surface area contributed by atoms with E-state index < -0.39 is 44.9 Å². The predicted molar refractivity (Wildman–Crippen MR) is 131 cm³/mol. The molecule has 0 aliphatic carbocycles. The molecule has 0 fully saturated rings. The summed E-state index contributed by atoms with van der Waals surface area (Å²) in [5.41, 5.74) is 0. The smallest absolute Gasteiger partial charge is 0.490 e. The second kappa shape index (κ2) is 14.9. The van der Waals surface area contributed by atoms with Gasteiger partial charge < -0.3 is 33.2 Å². The highest BCUT2D eigenvalue weighted by molar-refractivity contribution is 5.47. The Morgan fingerprint density at radius 1 is 0.550 bits per heavy atom. The molecule has 2 heterocycles. The largest absolute Gasteiger partial charge is 0.491 e. The molecule has 15 heteroatoms. The average molecular weight is 593 g/mol. The minimum Gasteiger partial charge on any atom is -0.491 e.